The molecule has 2 amide bonds. The van der Waals surface area contributed by atoms with E-state index in [-0.39, 0.29) is 17.7 Å². The Labute approximate surface area is 149 Å². The normalized spacial score (nSPS) is 15.0. The molecule has 1 aliphatic rings. The summed E-state index contributed by atoms with van der Waals surface area (Å²) < 4.78 is 0. The highest BCUT2D eigenvalue weighted by atomic mass is 32.2. The van der Waals surface area contributed by atoms with E-state index in [9.17, 15) is 9.59 Å². The maximum Gasteiger partial charge on any atom is 0.227 e. The van der Waals surface area contributed by atoms with Crippen LogP contribution in [0, 0.1) is 5.92 Å². The van der Waals surface area contributed by atoms with Gasteiger partial charge in [-0.15, -0.1) is 11.8 Å². The number of benzene rings is 1. The van der Waals surface area contributed by atoms with Crippen LogP contribution < -0.4 is 0 Å². The van der Waals surface area contributed by atoms with E-state index < -0.39 is 0 Å². The Bertz CT molecular complexity index is 547. The quantitative estimate of drug-likeness (QED) is 0.742. The van der Waals surface area contributed by atoms with E-state index in [0.717, 1.165) is 18.4 Å². The molecule has 0 N–H and O–H groups in total. The van der Waals surface area contributed by atoms with Crippen molar-refractivity contribution in [1.29, 1.82) is 0 Å². The van der Waals surface area contributed by atoms with Crippen molar-refractivity contribution >= 4 is 23.6 Å². The molecule has 1 fully saturated rings. The molecule has 0 aromatic heterocycles. The highest BCUT2D eigenvalue weighted by Gasteiger charge is 2.27. The van der Waals surface area contributed by atoms with Gasteiger partial charge >= 0.3 is 0 Å². The molecule has 0 saturated carbocycles. The van der Waals surface area contributed by atoms with Gasteiger partial charge in [-0.3, -0.25) is 9.59 Å². The smallest absolute Gasteiger partial charge is 0.227 e. The third-order valence-electron chi connectivity index (χ3n) is 4.79. The Morgan fingerprint density at radius 2 is 1.54 bits per heavy atom. The molecule has 5 heteroatoms. The first-order chi connectivity index (χ1) is 11.6. The minimum atomic E-state index is 0.127. The number of hydrogen-bond donors (Lipinski definition) is 0. The average Bonchev–Trinajstić information content (AvgIpc) is 2.63. The minimum Gasteiger partial charge on any atom is -0.339 e. The fourth-order valence-electron chi connectivity index (χ4n) is 3.10. The molecule has 1 aliphatic heterocycles. The topological polar surface area (TPSA) is 40.6 Å². The number of carbonyl (C=O) groups is 2. The largest absolute Gasteiger partial charge is 0.339 e. The Hall–Kier alpha value is -1.49. The van der Waals surface area contributed by atoms with Crippen LogP contribution in [-0.4, -0.2) is 54.0 Å². The monoisotopic (exact) mass is 348 g/mol. The van der Waals surface area contributed by atoms with Gasteiger partial charge in [0.05, 0.1) is 6.42 Å². The summed E-state index contributed by atoms with van der Waals surface area (Å²) >= 11 is 1.70. The van der Waals surface area contributed by atoms with Crippen LogP contribution in [-0.2, 0) is 16.0 Å². The van der Waals surface area contributed by atoms with E-state index in [1.54, 1.807) is 11.8 Å². The van der Waals surface area contributed by atoms with Gasteiger partial charge in [0.1, 0.15) is 0 Å². The molecule has 0 spiro atoms. The zero-order valence-electron chi connectivity index (χ0n) is 15.0. The first-order valence-corrected chi connectivity index (χ1v) is 10.0. The second-order valence-corrected chi connectivity index (χ2v) is 7.12. The number of carbonyl (C=O) groups excluding carboxylic acids is 2. The number of hydrogen-bond acceptors (Lipinski definition) is 3. The van der Waals surface area contributed by atoms with Crippen molar-refractivity contribution in [2.75, 3.05) is 32.4 Å². The molecule has 0 atom stereocenters. The highest BCUT2D eigenvalue weighted by Crippen LogP contribution is 2.17. The van der Waals surface area contributed by atoms with Crippen molar-refractivity contribution in [2.24, 2.45) is 5.92 Å². The predicted molar refractivity (Wildman–Crippen MR) is 99.2 cm³/mol. The summed E-state index contributed by atoms with van der Waals surface area (Å²) in [7, 11) is 0. The van der Waals surface area contributed by atoms with Crippen molar-refractivity contribution in [3.05, 3.63) is 29.8 Å². The second kappa shape index (κ2) is 9.11. The lowest BCUT2D eigenvalue weighted by molar-refractivity contribution is -0.142. The lowest BCUT2D eigenvalue weighted by Crippen LogP contribution is -2.52. The lowest BCUT2D eigenvalue weighted by Gasteiger charge is -2.36. The molecule has 132 valence electrons. The third-order valence-corrected chi connectivity index (χ3v) is 5.54. The van der Waals surface area contributed by atoms with E-state index in [1.807, 2.05) is 28.2 Å². The van der Waals surface area contributed by atoms with Crippen LogP contribution in [0.3, 0.4) is 0 Å². The van der Waals surface area contributed by atoms with Crippen molar-refractivity contribution in [3.63, 3.8) is 0 Å². The number of thioether (sulfide) groups is 1. The fraction of sp³-hybridized carbons (Fsp3) is 0.579. The third kappa shape index (κ3) is 4.76. The Morgan fingerprint density at radius 3 is 2.04 bits per heavy atom. The van der Waals surface area contributed by atoms with E-state index in [1.165, 1.54) is 4.90 Å². The van der Waals surface area contributed by atoms with Crippen LogP contribution in [0.5, 0.6) is 0 Å². The van der Waals surface area contributed by atoms with Gasteiger partial charge in [0, 0.05) is 37.0 Å². The van der Waals surface area contributed by atoms with Gasteiger partial charge in [-0.2, -0.15) is 0 Å². The van der Waals surface area contributed by atoms with Crippen molar-refractivity contribution in [2.45, 2.75) is 38.0 Å². The highest BCUT2D eigenvalue weighted by molar-refractivity contribution is 7.98. The van der Waals surface area contributed by atoms with Crippen LogP contribution in [0.25, 0.3) is 0 Å². The molecule has 24 heavy (non-hydrogen) atoms. The molecule has 4 nitrogen and oxygen atoms in total. The first kappa shape index (κ1) is 18.8. The number of amides is 2. The van der Waals surface area contributed by atoms with Crippen molar-refractivity contribution in [3.8, 4) is 0 Å². The molecule has 1 aromatic rings. The molecule has 0 radical (unpaired) electrons. The van der Waals surface area contributed by atoms with E-state index in [4.69, 9.17) is 0 Å². The van der Waals surface area contributed by atoms with Crippen LogP contribution in [0.4, 0.5) is 0 Å². The van der Waals surface area contributed by atoms with Gasteiger partial charge in [0.15, 0.2) is 0 Å². The lowest BCUT2D eigenvalue weighted by atomic mass is 10.0. The summed E-state index contributed by atoms with van der Waals surface area (Å²) in [6.07, 6.45) is 4.26. The second-order valence-electron chi connectivity index (χ2n) is 6.24. The van der Waals surface area contributed by atoms with Crippen molar-refractivity contribution < 1.29 is 9.59 Å². The maximum atomic E-state index is 12.5. The molecule has 0 bridgehead atoms. The molecular formula is C19H28N2O2S. The van der Waals surface area contributed by atoms with Crippen LogP contribution in [0.2, 0.25) is 0 Å². The summed E-state index contributed by atoms with van der Waals surface area (Å²) in [6.45, 7) is 6.74. The van der Waals surface area contributed by atoms with E-state index >= 15 is 0 Å². The van der Waals surface area contributed by atoms with Gasteiger partial charge in [-0.25, -0.2) is 0 Å². The van der Waals surface area contributed by atoms with Gasteiger partial charge in [0.25, 0.3) is 0 Å². The van der Waals surface area contributed by atoms with Gasteiger partial charge < -0.3 is 9.80 Å². The number of piperazine rings is 1. The van der Waals surface area contributed by atoms with Gasteiger partial charge in [0.2, 0.25) is 11.8 Å². The van der Waals surface area contributed by atoms with E-state index in [0.29, 0.717) is 32.6 Å². The molecule has 1 saturated heterocycles. The number of rotatable bonds is 6. The average molecular weight is 349 g/mol. The van der Waals surface area contributed by atoms with Gasteiger partial charge in [-0.05, 0) is 36.8 Å². The van der Waals surface area contributed by atoms with Crippen LogP contribution in [0.1, 0.15) is 32.3 Å². The summed E-state index contributed by atoms with van der Waals surface area (Å²) in [5, 5.41) is 0. The van der Waals surface area contributed by atoms with Crippen LogP contribution >= 0.6 is 11.8 Å². The van der Waals surface area contributed by atoms with E-state index in [2.05, 4.69) is 26.0 Å². The zero-order chi connectivity index (χ0) is 17.5. The zero-order valence-corrected chi connectivity index (χ0v) is 15.8. The molecule has 2 rings (SSSR count). The molecule has 1 aromatic carbocycles. The Kier molecular flexibility index (Phi) is 7.16. The summed E-state index contributed by atoms with van der Waals surface area (Å²) in [5.74, 6) is 0.531. The molecule has 0 unspecified atom stereocenters. The standard InChI is InChI=1S/C19H28N2O2S/c1-4-16(5-2)19(23)21-12-10-20(11-13-21)18(22)14-15-6-8-17(24-3)9-7-15/h6-9,16H,4-5,10-14H2,1-3H3. The minimum absolute atomic E-state index is 0.127. The summed E-state index contributed by atoms with van der Waals surface area (Å²) in [5.41, 5.74) is 1.05. The molecular weight excluding hydrogens is 320 g/mol. The first-order valence-electron chi connectivity index (χ1n) is 8.78. The number of nitrogens with zero attached hydrogens (tertiary/aromatic N) is 2. The van der Waals surface area contributed by atoms with Crippen molar-refractivity contribution in [1.82, 2.24) is 9.80 Å². The fourth-order valence-corrected chi connectivity index (χ4v) is 3.51. The summed E-state index contributed by atoms with van der Waals surface area (Å²) in [6, 6.07) is 8.16. The maximum absolute atomic E-state index is 12.5. The Morgan fingerprint density at radius 1 is 1.00 bits per heavy atom. The molecule has 0 aliphatic carbocycles. The Balaban J connectivity index is 1.84. The predicted octanol–water partition coefficient (Wildman–Crippen LogP) is 3.06. The van der Waals surface area contributed by atoms with Gasteiger partial charge in [-0.1, -0.05) is 26.0 Å². The SMILES string of the molecule is CCC(CC)C(=O)N1CCN(C(=O)Cc2ccc(SC)cc2)CC1. The summed E-state index contributed by atoms with van der Waals surface area (Å²) in [4.78, 5) is 29.9. The molecule has 1 heterocycles. The van der Waals surface area contributed by atoms with Crippen LogP contribution in [0.15, 0.2) is 29.2 Å².